The van der Waals surface area contributed by atoms with Crippen LogP contribution in [0.4, 0.5) is 4.39 Å². The molecule has 1 unspecified atom stereocenters. The van der Waals surface area contributed by atoms with Gasteiger partial charge in [-0.3, -0.25) is 4.90 Å². The van der Waals surface area contributed by atoms with Gasteiger partial charge in [0.15, 0.2) is 0 Å². The van der Waals surface area contributed by atoms with Gasteiger partial charge in [0, 0.05) is 25.7 Å². The number of nitrogens with zero attached hydrogens (tertiary/aromatic N) is 2. The van der Waals surface area contributed by atoms with E-state index in [1.165, 1.54) is 12.1 Å². The van der Waals surface area contributed by atoms with Gasteiger partial charge in [0.1, 0.15) is 5.82 Å². The summed E-state index contributed by atoms with van der Waals surface area (Å²) in [6, 6.07) is 15.9. The molecular weight excluding hydrogens is 339 g/mol. The quantitative estimate of drug-likeness (QED) is 0.821. The number of aryl methyl sites for hydroxylation is 1. The van der Waals surface area contributed by atoms with Crippen LogP contribution in [0.3, 0.4) is 0 Å². The normalized spacial score (nSPS) is 19.8. The fraction of sp³-hybridized carbons (Fsp3) is 0.368. The molecule has 2 aromatic carbocycles. The molecule has 0 aliphatic carbocycles. The molecule has 1 aliphatic heterocycles. The number of rotatable bonds is 5. The van der Waals surface area contributed by atoms with Crippen molar-refractivity contribution in [1.29, 1.82) is 0 Å². The minimum Gasteiger partial charge on any atom is -0.297 e. The minimum atomic E-state index is -3.32. The Morgan fingerprint density at radius 2 is 1.72 bits per heavy atom. The molecule has 0 N–H and O–H groups in total. The van der Waals surface area contributed by atoms with E-state index in [1.807, 2.05) is 37.4 Å². The summed E-state index contributed by atoms with van der Waals surface area (Å²) in [7, 11) is -1.35. The number of hydrogen-bond donors (Lipinski definition) is 0. The fourth-order valence-electron chi connectivity index (χ4n) is 3.17. The van der Waals surface area contributed by atoms with E-state index in [1.54, 1.807) is 16.4 Å². The Morgan fingerprint density at radius 3 is 2.40 bits per heavy atom. The first kappa shape index (κ1) is 18.0. The predicted molar refractivity (Wildman–Crippen MR) is 97.3 cm³/mol. The summed E-state index contributed by atoms with van der Waals surface area (Å²) in [4.78, 5) is 2.12. The molecule has 0 bridgehead atoms. The summed E-state index contributed by atoms with van der Waals surface area (Å²) in [5.41, 5.74) is 1.96. The number of likely N-dealkylation sites (N-methyl/N-ethyl adjacent to an activating group) is 1. The van der Waals surface area contributed by atoms with Gasteiger partial charge in [-0.15, -0.1) is 0 Å². The fourth-order valence-corrected chi connectivity index (χ4v) is 4.65. The molecule has 0 aromatic heterocycles. The second-order valence-electron chi connectivity index (χ2n) is 6.46. The van der Waals surface area contributed by atoms with Crippen molar-refractivity contribution in [2.24, 2.45) is 0 Å². The van der Waals surface area contributed by atoms with Crippen LogP contribution in [0.5, 0.6) is 0 Å². The number of benzene rings is 2. The Kier molecular flexibility index (Phi) is 5.51. The predicted octanol–water partition coefficient (Wildman–Crippen LogP) is 2.69. The summed E-state index contributed by atoms with van der Waals surface area (Å²) in [6.45, 7) is 1.55. The largest absolute Gasteiger partial charge is 0.297 e. The van der Waals surface area contributed by atoms with Gasteiger partial charge in [0.25, 0.3) is 0 Å². The second kappa shape index (κ2) is 7.64. The third-order valence-corrected chi connectivity index (χ3v) is 6.59. The van der Waals surface area contributed by atoms with Crippen LogP contribution in [0.15, 0.2) is 54.6 Å². The second-order valence-corrected chi connectivity index (χ2v) is 8.55. The molecule has 0 amide bonds. The maximum Gasteiger partial charge on any atom is 0.214 e. The lowest BCUT2D eigenvalue weighted by Gasteiger charge is -2.39. The van der Waals surface area contributed by atoms with E-state index < -0.39 is 10.0 Å². The van der Waals surface area contributed by atoms with Crippen molar-refractivity contribution < 1.29 is 12.8 Å². The molecule has 25 heavy (non-hydrogen) atoms. The van der Waals surface area contributed by atoms with Gasteiger partial charge in [-0.1, -0.05) is 42.5 Å². The highest BCUT2D eigenvalue weighted by Crippen LogP contribution is 2.26. The highest BCUT2D eigenvalue weighted by atomic mass is 32.2. The van der Waals surface area contributed by atoms with E-state index in [0.717, 1.165) is 11.1 Å². The maximum absolute atomic E-state index is 13.2. The van der Waals surface area contributed by atoms with Crippen LogP contribution in [-0.2, 0) is 16.4 Å². The van der Waals surface area contributed by atoms with Gasteiger partial charge in [0.2, 0.25) is 10.0 Å². The summed E-state index contributed by atoms with van der Waals surface area (Å²) >= 11 is 0. The first-order chi connectivity index (χ1) is 12.0. The van der Waals surface area contributed by atoms with Crippen LogP contribution in [0.2, 0.25) is 0 Å². The molecule has 0 spiro atoms. The molecule has 1 fully saturated rings. The van der Waals surface area contributed by atoms with Crippen LogP contribution in [0, 0.1) is 5.82 Å². The summed E-state index contributed by atoms with van der Waals surface area (Å²) < 4.78 is 40.2. The van der Waals surface area contributed by atoms with Gasteiger partial charge in [-0.25, -0.2) is 12.8 Å². The zero-order chi connectivity index (χ0) is 17.9. The van der Waals surface area contributed by atoms with E-state index >= 15 is 0 Å². The Bertz CT molecular complexity index is 794. The molecule has 1 atom stereocenters. The first-order valence-electron chi connectivity index (χ1n) is 8.43. The van der Waals surface area contributed by atoms with Crippen molar-refractivity contribution in [3.8, 4) is 0 Å². The molecule has 134 valence electrons. The van der Waals surface area contributed by atoms with E-state index in [-0.39, 0.29) is 17.6 Å². The van der Waals surface area contributed by atoms with Crippen molar-refractivity contribution >= 4 is 10.0 Å². The van der Waals surface area contributed by atoms with Crippen molar-refractivity contribution in [2.45, 2.75) is 12.5 Å². The highest BCUT2D eigenvalue weighted by Gasteiger charge is 2.32. The Labute approximate surface area is 148 Å². The molecule has 6 heteroatoms. The minimum absolute atomic E-state index is 0.0548. The number of piperazine rings is 1. The third kappa shape index (κ3) is 4.45. The van der Waals surface area contributed by atoms with Crippen LogP contribution in [0.1, 0.15) is 17.2 Å². The molecule has 2 aromatic rings. The molecule has 1 aliphatic rings. The summed E-state index contributed by atoms with van der Waals surface area (Å²) in [5.74, 6) is -0.175. The number of sulfonamides is 1. The Morgan fingerprint density at radius 1 is 1.04 bits per heavy atom. The van der Waals surface area contributed by atoms with Gasteiger partial charge < -0.3 is 0 Å². The zero-order valence-electron chi connectivity index (χ0n) is 14.3. The van der Waals surface area contributed by atoms with Crippen molar-refractivity contribution in [3.63, 3.8) is 0 Å². The average molecular weight is 362 g/mol. The van der Waals surface area contributed by atoms with E-state index in [2.05, 4.69) is 4.90 Å². The molecular formula is C19H23FN2O2S. The van der Waals surface area contributed by atoms with Crippen LogP contribution in [0.25, 0.3) is 0 Å². The van der Waals surface area contributed by atoms with Gasteiger partial charge in [-0.05, 0) is 36.7 Å². The number of halogens is 1. The average Bonchev–Trinajstić information content (AvgIpc) is 2.62. The zero-order valence-corrected chi connectivity index (χ0v) is 15.1. The third-order valence-electron chi connectivity index (χ3n) is 4.75. The van der Waals surface area contributed by atoms with Gasteiger partial charge >= 0.3 is 0 Å². The summed E-state index contributed by atoms with van der Waals surface area (Å²) in [6.07, 6.45) is 0.511. The molecule has 0 saturated carbocycles. The molecule has 1 saturated heterocycles. The van der Waals surface area contributed by atoms with Crippen molar-refractivity contribution in [2.75, 3.05) is 32.4 Å². The Hall–Kier alpha value is -1.76. The maximum atomic E-state index is 13.2. The Balaban J connectivity index is 1.70. The topological polar surface area (TPSA) is 40.6 Å². The van der Waals surface area contributed by atoms with E-state index in [4.69, 9.17) is 0 Å². The van der Waals surface area contributed by atoms with Crippen LogP contribution >= 0.6 is 0 Å². The van der Waals surface area contributed by atoms with Crippen LogP contribution < -0.4 is 0 Å². The molecule has 0 radical (unpaired) electrons. The highest BCUT2D eigenvalue weighted by molar-refractivity contribution is 7.89. The van der Waals surface area contributed by atoms with Crippen molar-refractivity contribution in [3.05, 3.63) is 71.5 Å². The van der Waals surface area contributed by atoms with E-state index in [0.29, 0.717) is 26.1 Å². The lowest BCUT2D eigenvalue weighted by molar-refractivity contribution is 0.148. The number of hydrogen-bond acceptors (Lipinski definition) is 3. The smallest absolute Gasteiger partial charge is 0.214 e. The van der Waals surface area contributed by atoms with Crippen LogP contribution in [-0.4, -0.2) is 50.1 Å². The standard InChI is InChI=1S/C19H23FN2O2S/c1-21-12-13-22(15-19(21)17-7-9-18(20)10-8-17)25(23,24)14-11-16-5-3-2-4-6-16/h2-10,19H,11-15H2,1H3. The molecule has 4 nitrogen and oxygen atoms in total. The van der Waals surface area contributed by atoms with Gasteiger partial charge in [-0.2, -0.15) is 4.31 Å². The SMILES string of the molecule is CN1CCN(S(=O)(=O)CCc2ccccc2)CC1c1ccc(F)cc1. The first-order valence-corrected chi connectivity index (χ1v) is 10.0. The van der Waals surface area contributed by atoms with Gasteiger partial charge in [0.05, 0.1) is 5.75 Å². The monoisotopic (exact) mass is 362 g/mol. The lowest BCUT2D eigenvalue weighted by atomic mass is 10.0. The lowest BCUT2D eigenvalue weighted by Crippen LogP contribution is -2.49. The molecule has 3 rings (SSSR count). The van der Waals surface area contributed by atoms with Crippen molar-refractivity contribution in [1.82, 2.24) is 9.21 Å². The molecule has 1 heterocycles. The summed E-state index contributed by atoms with van der Waals surface area (Å²) in [5, 5.41) is 0. The van der Waals surface area contributed by atoms with E-state index in [9.17, 15) is 12.8 Å².